The fourth-order valence-electron chi connectivity index (χ4n) is 3.92. The fourth-order valence-corrected chi connectivity index (χ4v) is 3.92. The Morgan fingerprint density at radius 3 is 2.87 bits per heavy atom. The highest BCUT2D eigenvalue weighted by atomic mass is 19.1. The number of amides is 1. The quantitative estimate of drug-likeness (QED) is 0.754. The molecule has 2 aliphatic heterocycles. The minimum atomic E-state index is -1.26. The van der Waals surface area contributed by atoms with E-state index in [1.165, 1.54) is 43.5 Å². The van der Waals surface area contributed by atoms with Gasteiger partial charge in [-0.2, -0.15) is 0 Å². The van der Waals surface area contributed by atoms with Crippen molar-refractivity contribution < 1.29 is 27.4 Å². The summed E-state index contributed by atoms with van der Waals surface area (Å²) in [6, 6.07) is 6.72. The van der Waals surface area contributed by atoms with Crippen molar-refractivity contribution in [2.24, 2.45) is 16.6 Å². The molecule has 1 aromatic heterocycles. The number of hydrogen-bond donors (Lipinski definition) is 2. The number of carbonyl (C=O) groups excluding carboxylic acids is 1. The van der Waals surface area contributed by atoms with Crippen LogP contribution >= 0.6 is 0 Å². The average Bonchev–Trinajstić information content (AvgIpc) is 3.13. The lowest BCUT2D eigenvalue weighted by Gasteiger charge is -2.35. The van der Waals surface area contributed by atoms with Crippen molar-refractivity contribution in [1.29, 1.82) is 0 Å². The number of pyridine rings is 1. The standard InChI is InChI=1S/C21H21F3N4O3/c1-11(23)12-2-5-17(26-8-12)19(29)27-13-3-4-16(24)14(6-13)21-10-31-18(7-22)15(21)9-30-20(25)28-21/h2-6,8,11,15,18H,7,9-10H2,1H3,(H2,25,28)(H,27,29). The summed E-state index contributed by atoms with van der Waals surface area (Å²) in [4.78, 5) is 20.8. The van der Waals surface area contributed by atoms with E-state index >= 15 is 0 Å². The van der Waals surface area contributed by atoms with E-state index in [1.54, 1.807) is 0 Å². The number of hydrogen-bond acceptors (Lipinski definition) is 6. The zero-order valence-corrected chi connectivity index (χ0v) is 16.6. The number of anilines is 1. The Morgan fingerprint density at radius 2 is 2.19 bits per heavy atom. The summed E-state index contributed by atoms with van der Waals surface area (Å²) in [7, 11) is 0. The van der Waals surface area contributed by atoms with Gasteiger partial charge in [0, 0.05) is 23.0 Å². The van der Waals surface area contributed by atoms with Gasteiger partial charge in [-0.05, 0) is 31.2 Å². The molecule has 0 aliphatic carbocycles. The molecule has 0 bridgehead atoms. The van der Waals surface area contributed by atoms with Crippen LogP contribution in [0.2, 0.25) is 0 Å². The Balaban J connectivity index is 1.64. The number of nitrogens with zero attached hydrogens (tertiary/aromatic N) is 2. The maximum absolute atomic E-state index is 14.9. The van der Waals surface area contributed by atoms with Crippen LogP contribution in [0.25, 0.3) is 0 Å². The highest BCUT2D eigenvalue weighted by Crippen LogP contribution is 2.46. The summed E-state index contributed by atoms with van der Waals surface area (Å²) in [6.07, 6.45) is -0.730. The van der Waals surface area contributed by atoms with Gasteiger partial charge in [-0.25, -0.2) is 18.2 Å². The van der Waals surface area contributed by atoms with Gasteiger partial charge in [0.1, 0.15) is 29.9 Å². The van der Waals surface area contributed by atoms with Crippen LogP contribution in [0.4, 0.5) is 18.9 Å². The van der Waals surface area contributed by atoms with Gasteiger partial charge in [-0.3, -0.25) is 9.78 Å². The maximum atomic E-state index is 14.9. The van der Waals surface area contributed by atoms with Gasteiger partial charge in [0.2, 0.25) is 0 Å². The van der Waals surface area contributed by atoms with Crippen LogP contribution in [-0.2, 0) is 15.0 Å². The number of amidine groups is 1. The molecule has 3 N–H and O–H groups in total. The first-order valence-electron chi connectivity index (χ1n) is 9.71. The second kappa shape index (κ2) is 8.18. The topological polar surface area (TPSA) is 98.8 Å². The van der Waals surface area contributed by atoms with Gasteiger partial charge in [-0.1, -0.05) is 6.07 Å². The Bertz CT molecular complexity index is 1020. The number of nitrogens with two attached hydrogens (primary N) is 1. The predicted octanol–water partition coefficient (Wildman–Crippen LogP) is 3.03. The van der Waals surface area contributed by atoms with Gasteiger partial charge in [0.15, 0.2) is 0 Å². The third-order valence-corrected chi connectivity index (χ3v) is 5.62. The largest absolute Gasteiger partial charge is 0.465 e. The number of alkyl halides is 2. The summed E-state index contributed by atoms with van der Waals surface area (Å²) < 4.78 is 52.4. The number of halogens is 3. The molecule has 10 heteroatoms. The molecular formula is C21H21F3N4O3. The lowest BCUT2D eigenvalue weighted by molar-refractivity contribution is 0.0528. The van der Waals surface area contributed by atoms with E-state index in [9.17, 15) is 18.0 Å². The first kappa shape index (κ1) is 21.1. The predicted molar refractivity (Wildman–Crippen MR) is 107 cm³/mol. The molecule has 1 saturated heterocycles. The van der Waals surface area contributed by atoms with Gasteiger partial charge < -0.3 is 20.5 Å². The fraction of sp³-hybridized carbons (Fsp3) is 0.381. The van der Waals surface area contributed by atoms with E-state index in [0.717, 1.165) is 0 Å². The van der Waals surface area contributed by atoms with Gasteiger partial charge in [0.05, 0.1) is 25.2 Å². The Morgan fingerprint density at radius 1 is 1.39 bits per heavy atom. The van der Waals surface area contributed by atoms with Crippen LogP contribution in [0.1, 0.15) is 34.7 Å². The minimum Gasteiger partial charge on any atom is -0.465 e. The van der Waals surface area contributed by atoms with Crippen molar-refractivity contribution in [1.82, 2.24) is 4.98 Å². The Labute approximate surface area is 176 Å². The van der Waals surface area contributed by atoms with Crippen LogP contribution in [0.5, 0.6) is 0 Å². The van der Waals surface area contributed by atoms with E-state index in [0.29, 0.717) is 5.56 Å². The number of carbonyl (C=O) groups is 1. The summed E-state index contributed by atoms with van der Waals surface area (Å²) in [6.45, 7) is 0.552. The third kappa shape index (κ3) is 3.83. The van der Waals surface area contributed by atoms with E-state index in [-0.39, 0.29) is 36.2 Å². The SMILES string of the molecule is CC(F)c1ccc(C(=O)Nc2ccc(F)c(C34COC(CF)C3COC(N)=N4)c2)nc1. The summed E-state index contributed by atoms with van der Waals surface area (Å²) in [5, 5.41) is 2.64. The van der Waals surface area contributed by atoms with Crippen LogP contribution in [0, 0.1) is 11.7 Å². The van der Waals surface area contributed by atoms with Crippen molar-refractivity contribution in [2.45, 2.75) is 24.7 Å². The molecule has 164 valence electrons. The highest BCUT2D eigenvalue weighted by Gasteiger charge is 2.55. The number of ether oxygens (including phenoxy) is 2. The zero-order chi connectivity index (χ0) is 22.2. The van der Waals surface area contributed by atoms with Crippen molar-refractivity contribution in [3.05, 3.63) is 59.2 Å². The highest BCUT2D eigenvalue weighted by molar-refractivity contribution is 6.02. The third-order valence-electron chi connectivity index (χ3n) is 5.62. The van der Waals surface area contributed by atoms with E-state index < -0.39 is 42.1 Å². The molecule has 3 heterocycles. The minimum absolute atomic E-state index is 0.0310. The Kier molecular flexibility index (Phi) is 5.57. The summed E-state index contributed by atoms with van der Waals surface area (Å²) >= 11 is 0. The first-order valence-corrected chi connectivity index (χ1v) is 9.71. The van der Waals surface area contributed by atoms with Crippen LogP contribution < -0.4 is 11.1 Å². The molecule has 4 unspecified atom stereocenters. The summed E-state index contributed by atoms with van der Waals surface area (Å²) in [5.74, 6) is -1.73. The molecule has 0 saturated carbocycles. The molecule has 0 radical (unpaired) electrons. The molecule has 31 heavy (non-hydrogen) atoms. The number of benzene rings is 1. The molecule has 7 nitrogen and oxygen atoms in total. The van der Waals surface area contributed by atoms with Crippen molar-refractivity contribution in [3.63, 3.8) is 0 Å². The smallest absolute Gasteiger partial charge is 0.282 e. The van der Waals surface area contributed by atoms with Crippen molar-refractivity contribution in [3.8, 4) is 0 Å². The monoisotopic (exact) mass is 434 g/mol. The molecule has 4 atom stereocenters. The number of aromatic nitrogens is 1. The number of fused-ring (bicyclic) bond motifs is 1. The van der Waals surface area contributed by atoms with Crippen molar-refractivity contribution in [2.75, 3.05) is 25.2 Å². The average molecular weight is 434 g/mol. The van der Waals surface area contributed by atoms with Crippen LogP contribution in [0.3, 0.4) is 0 Å². The Hall–Kier alpha value is -3.14. The molecule has 4 rings (SSSR count). The zero-order valence-electron chi connectivity index (χ0n) is 16.6. The molecule has 0 spiro atoms. The van der Waals surface area contributed by atoms with E-state index in [2.05, 4.69) is 15.3 Å². The lowest BCUT2D eigenvalue weighted by Crippen LogP contribution is -2.45. The van der Waals surface area contributed by atoms with Crippen LogP contribution in [-0.4, -0.2) is 42.9 Å². The van der Waals surface area contributed by atoms with Crippen LogP contribution in [0.15, 0.2) is 41.5 Å². The first-order chi connectivity index (χ1) is 14.8. The molecule has 1 fully saturated rings. The van der Waals surface area contributed by atoms with E-state index in [1.807, 2.05) is 0 Å². The van der Waals surface area contributed by atoms with Gasteiger partial charge in [-0.15, -0.1) is 0 Å². The number of aliphatic imine (C=N–C) groups is 1. The number of nitrogens with one attached hydrogen (secondary N) is 1. The molecule has 2 aromatic rings. The molecule has 2 aliphatic rings. The lowest BCUT2D eigenvalue weighted by atomic mass is 9.78. The summed E-state index contributed by atoms with van der Waals surface area (Å²) in [5.41, 5.74) is 5.29. The van der Waals surface area contributed by atoms with Gasteiger partial charge >= 0.3 is 0 Å². The maximum Gasteiger partial charge on any atom is 0.282 e. The van der Waals surface area contributed by atoms with E-state index in [4.69, 9.17) is 15.2 Å². The molecular weight excluding hydrogens is 413 g/mol. The second-order valence-corrected chi connectivity index (χ2v) is 7.54. The van der Waals surface area contributed by atoms with Gasteiger partial charge in [0.25, 0.3) is 11.9 Å². The van der Waals surface area contributed by atoms with Crippen molar-refractivity contribution >= 4 is 17.6 Å². The normalized spacial score (nSPS) is 25.9. The molecule has 1 aromatic carbocycles. The molecule has 1 amide bonds. The second-order valence-electron chi connectivity index (χ2n) is 7.54. The number of rotatable bonds is 5.